The fraction of sp³-hybridized carbons (Fsp3) is 1.00. The topological polar surface area (TPSA) is 50.7 Å². The molecule has 2 atom stereocenters. The quantitative estimate of drug-likeness (QED) is 0.572. The monoisotopic (exact) mass is 205 g/mol. The fourth-order valence-electron chi connectivity index (χ4n) is 1.14. The Kier molecular flexibility index (Phi) is 9.29. The molecular weight excluding hydrogens is 182 g/mol. The van der Waals surface area contributed by atoms with Crippen LogP contribution in [0.3, 0.4) is 0 Å². The molecular formula is C10H23NO3. The van der Waals surface area contributed by atoms with Crippen LogP contribution >= 0.6 is 0 Å². The highest BCUT2D eigenvalue weighted by Gasteiger charge is 2.08. The normalized spacial score (nSPS) is 15.4. The number of methoxy groups -OCH3 is 1. The third kappa shape index (κ3) is 7.26. The van der Waals surface area contributed by atoms with Crippen molar-refractivity contribution in [2.75, 3.05) is 33.5 Å². The molecule has 2 N–H and O–H groups in total. The summed E-state index contributed by atoms with van der Waals surface area (Å²) in [5, 5.41) is 12.7. The highest BCUT2D eigenvalue weighted by Crippen LogP contribution is 1.92. The maximum absolute atomic E-state index is 9.46. The minimum atomic E-state index is -0.430. The van der Waals surface area contributed by atoms with E-state index in [9.17, 15) is 5.11 Å². The average Bonchev–Trinajstić information content (AvgIpc) is 2.21. The Hall–Kier alpha value is -0.160. The second-order valence-electron chi connectivity index (χ2n) is 3.28. The zero-order valence-corrected chi connectivity index (χ0v) is 9.45. The van der Waals surface area contributed by atoms with Gasteiger partial charge in [-0.25, -0.2) is 0 Å². The summed E-state index contributed by atoms with van der Waals surface area (Å²) in [5.74, 6) is 0. The van der Waals surface area contributed by atoms with Crippen molar-refractivity contribution in [3.63, 3.8) is 0 Å². The molecule has 0 radical (unpaired) electrons. The molecule has 0 aromatic carbocycles. The molecule has 0 aliphatic rings. The van der Waals surface area contributed by atoms with Crippen LogP contribution in [-0.4, -0.2) is 50.7 Å². The summed E-state index contributed by atoms with van der Waals surface area (Å²) in [7, 11) is 1.68. The van der Waals surface area contributed by atoms with Crippen molar-refractivity contribution in [1.82, 2.24) is 5.32 Å². The Labute approximate surface area is 86.6 Å². The van der Waals surface area contributed by atoms with Crippen molar-refractivity contribution in [1.29, 1.82) is 0 Å². The minimum absolute atomic E-state index is 0.316. The smallest absolute Gasteiger partial charge is 0.0897 e. The summed E-state index contributed by atoms with van der Waals surface area (Å²) in [6.45, 7) is 6.28. The molecule has 4 heteroatoms. The van der Waals surface area contributed by atoms with Crippen LogP contribution in [-0.2, 0) is 9.47 Å². The zero-order chi connectivity index (χ0) is 10.8. The molecule has 4 nitrogen and oxygen atoms in total. The van der Waals surface area contributed by atoms with Crippen molar-refractivity contribution in [3.8, 4) is 0 Å². The molecule has 0 spiro atoms. The summed E-state index contributed by atoms with van der Waals surface area (Å²) in [6, 6.07) is 0.316. The Morgan fingerprint density at radius 3 is 2.50 bits per heavy atom. The first-order chi connectivity index (χ1) is 6.74. The lowest BCUT2D eigenvalue weighted by Crippen LogP contribution is -2.39. The standard InChI is InChI=1S/C10H23NO3/c1-4-9(7-13-3)11-6-10(12)8-14-5-2/h9-12H,4-8H2,1-3H3. The van der Waals surface area contributed by atoms with Crippen LogP contribution in [0, 0.1) is 0 Å². The molecule has 0 heterocycles. The highest BCUT2D eigenvalue weighted by atomic mass is 16.5. The number of hydrogen-bond acceptors (Lipinski definition) is 4. The summed E-state index contributed by atoms with van der Waals surface area (Å²) in [5.41, 5.74) is 0. The van der Waals surface area contributed by atoms with Gasteiger partial charge in [0.15, 0.2) is 0 Å². The summed E-state index contributed by atoms with van der Waals surface area (Å²) in [6.07, 6.45) is 0.565. The molecule has 0 saturated carbocycles. The van der Waals surface area contributed by atoms with Gasteiger partial charge in [-0.05, 0) is 13.3 Å². The van der Waals surface area contributed by atoms with Gasteiger partial charge in [0.25, 0.3) is 0 Å². The predicted molar refractivity (Wildman–Crippen MR) is 56.5 cm³/mol. The lowest BCUT2D eigenvalue weighted by Gasteiger charge is -2.18. The van der Waals surface area contributed by atoms with Crippen LogP contribution in [0.5, 0.6) is 0 Å². The molecule has 86 valence electrons. The Morgan fingerprint density at radius 2 is 2.00 bits per heavy atom. The van der Waals surface area contributed by atoms with Crippen molar-refractivity contribution in [3.05, 3.63) is 0 Å². The van der Waals surface area contributed by atoms with Crippen LogP contribution < -0.4 is 5.32 Å². The highest BCUT2D eigenvalue weighted by molar-refractivity contribution is 4.67. The van der Waals surface area contributed by atoms with E-state index in [2.05, 4.69) is 12.2 Å². The number of rotatable bonds is 9. The summed E-state index contributed by atoms with van der Waals surface area (Å²) in [4.78, 5) is 0. The van der Waals surface area contributed by atoms with E-state index in [-0.39, 0.29) is 0 Å². The third-order valence-corrected chi connectivity index (χ3v) is 2.02. The fourth-order valence-corrected chi connectivity index (χ4v) is 1.14. The molecule has 0 fully saturated rings. The largest absolute Gasteiger partial charge is 0.389 e. The Bertz CT molecular complexity index is 122. The average molecular weight is 205 g/mol. The molecule has 0 aliphatic carbocycles. The zero-order valence-electron chi connectivity index (χ0n) is 9.45. The van der Waals surface area contributed by atoms with Gasteiger partial charge in [-0.3, -0.25) is 0 Å². The van der Waals surface area contributed by atoms with E-state index in [1.165, 1.54) is 0 Å². The van der Waals surface area contributed by atoms with Gasteiger partial charge in [-0.15, -0.1) is 0 Å². The van der Waals surface area contributed by atoms with E-state index in [1.807, 2.05) is 6.92 Å². The molecule has 0 rings (SSSR count). The summed E-state index contributed by atoms with van der Waals surface area (Å²) >= 11 is 0. The molecule has 0 aliphatic heterocycles. The van der Waals surface area contributed by atoms with Gasteiger partial charge in [0.05, 0.1) is 19.3 Å². The summed E-state index contributed by atoms with van der Waals surface area (Å²) < 4.78 is 10.1. The SMILES string of the molecule is CCOCC(O)CNC(CC)COC. The molecule has 14 heavy (non-hydrogen) atoms. The third-order valence-electron chi connectivity index (χ3n) is 2.02. The van der Waals surface area contributed by atoms with Crippen molar-refractivity contribution < 1.29 is 14.6 Å². The van der Waals surface area contributed by atoms with E-state index in [0.29, 0.717) is 32.4 Å². The van der Waals surface area contributed by atoms with Crippen LogP contribution in [0.4, 0.5) is 0 Å². The number of aliphatic hydroxyl groups is 1. The van der Waals surface area contributed by atoms with Gasteiger partial charge in [0.1, 0.15) is 0 Å². The molecule has 2 unspecified atom stereocenters. The lowest BCUT2D eigenvalue weighted by atomic mass is 10.2. The van der Waals surface area contributed by atoms with Crippen LogP contribution in [0.1, 0.15) is 20.3 Å². The maximum atomic E-state index is 9.46. The van der Waals surface area contributed by atoms with E-state index in [0.717, 1.165) is 6.42 Å². The van der Waals surface area contributed by atoms with E-state index in [1.54, 1.807) is 7.11 Å². The van der Waals surface area contributed by atoms with E-state index < -0.39 is 6.10 Å². The van der Waals surface area contributed by atoms with Crippen LogP contribution in [0.25, 0.3) is 0 Å². The number of nitrogens with one attached hydrogen (secondary N) is 1. The number of hydrogen-bond donors (Lipinski definition) is 2. The first kappa shape index (κ1) is 13.8. The van der Waals surface area contributed by atoms with Gasteiger partial charge >= 0.3 is 0 Å². The second-order valence-corrected chi connectivity index (χ2v) is 3.28. The Morgan fingerprint density at radius 1 is 1.29 bits per heavy atom. The van der Waals surface area contributed by atoms with Gasteiger partial charge in [0, 0.05) is 26.3 Å². The van der Waals surface area contributed by atoms with Crippen LogP contribution in [0.15, 0.2) is 0 Å². The van der Waals surface area contributed by atoms with Gasteiger partial charge < -0.3 is 19.9 Å². The van der Waals surface area contributed by atoms with Crippen molar-refractivity contribution >= 4 is 0 Å². The lowest BCUT2D eigenvalue weighted by molar-refractivity contribution is 0.0391. The Balaban J connectivity index is 3.46. The number of ether oxygens (including phenoxy) is 2. The second kappa shape index (κ2) is 9.40. The first-order valence-corrected chi connectivity index (χ1v) is 5.22. The van der Waals surface area contributed by atoms with Gasteiger partial charge in [-0.2, -0.15) is 0 Å². The molecule has 0 amide bonds. The molecule has 0 aromatic rings. The number of aliphatic hydroxyl groups excluding tert-OH is 1. The molecule has 0 aromatic heterocycles. The van der Waals surface area contributed by atoms with Crippen LogP contribution in [0.2, 0.25) is 0 Å². The van der Waals surface area contributed by atoms with Crippen molar-refractivity contribution in [2.24, 2.45) is 0 Å². The molecule has 0 bridgehead atoms. The predicted octanol–water partition coefficient (Wildman–Crippen LogP) is 0.398. The molecule has 0 saturated heterocycles. The van der Waals surface area contributed by atoms with Crippen molar-refractivity contribution in [2.45, 2.75) is 32.4 Å². The van der Waals surface area contributed by atoms with Gasteiger partial charge in [0.2, 0.25) is 0 Å². The van der Waals surface area contributed by atoms with Gasteiger partial charge in [-0.1, -0.05) is 6.92 Å². The minimum Gasteiger partial charge on any atom is -0.389 e. The maximum Gasteiger partial charge on any atom is 0.0897 e. The first-order valence-electron chi connectivity index (χ1n) is 5.22. The van der Waals surface area contributed by atoms with E-state index in [4.69, 9.17) is 9.47 Å². The van der Waals surface area contributed by atoms with E-state index >= 15 is 0 Å².